The monoisotopic (exact) mass is 238 g/mol. The molecular weight excluding hydrogens is 219 g/mol. The molecule has 0 radical (unpaired) electrons. The molecule has 0 spiro atoms. The van der Waals surface area contributed by atoms with Crippen LogP contribution in [0.25, 0.3) is 0 Å². The molecule has 1 N–H and O–H groups in total. The highest BCUT2D eigenvalue weighted by Crippen LogP contribution is 2.32. The van der Waals surface area contributed by atoms with Gasteiger partial charge in [-0.2, -0.15) is 0 Å². The Kier molecular flexibility index (Phi) is 3.79. The van der Waals surface area contributed by atoms with E-state index in [0.29, 0.717) is 12.8 Å². The van der Waals surface area contributed by atoms with Crippen molar-refractivity contribution in [2.75, 3.05) is 7.11 Å². The average Bonchev–Trinajstić information content (AvgIpc) is 2.32. The molecule has 2 unspecified atom stereocenters. The largest absolute Gasteiger partial charge is 0.389 e. The van der Waals surface area contributed by atoms with Crippen molar-refractivity contribution < 1.29 is 14.2 Å². The Hall–Kier alpha value is -0.930. The third-order valence-corrected chi connectivity index (χ3v) is 3.56. The van der Waals surface area contributed by atoms with Crippen LogP contribution in [0.5, 0.6) is 0 Å². The van der Waals surface area contributed by atoms with E-state index in [1.54, 1.807) is 19.2 Å². The zero-order valence-electron chi connectivity index (χ0n) is 10.2. The maximum Gasteiger partial charge on any atom is 0.123 e. The summed E-state index contributed by atoms with van der Waals surface area (Å²) in [4.78, 5) is 0. The van der Waals surface area contributed by atoms with Gasteiger partial charge in [0.1, 0.15) is 5.82 Å². The van der Waals surface area contributed by atoms with Crippen molar-refractivity contribution in [2.24, 2.45) is 0 Å². The number of rotatable bonds is 3. The van der Waals surface area contributed by atoms with Crippen LogP contribution in [0.1, 0.15) is 31.2 Å². The van der Waals surface area contributed by atoms with Crippen LogP contribution in [-0.4, -0.2) is 23.9 Å². The molecule has 2 rings (SSSR count). The molecule has 0 aliphatic heterocycles. The quantitative estimate of drug-likeness (QED) is 0.877. The molecule has 3 heteroatoms. The molecule has 0 amide bonds. The zero-order chi connectivity index (χ0) is 12.3. The first-order valence-corrected chi connectivity index (χ1v) is 6.11. The van der Waals surface area contributed by atoms with E-state index in [4.69, 9.17) is 4.74 Å². The van der Waals surface area contributed by atoms with Crippen LogP contribution in [0.3, 0.4) is 0 Å². The molecule has 1 aromatic carbocycles. The van der Waals surface area contributed by atoms with Crippen molar-refractivity contribution in [1.29, 1.82) is 0 Å². The topological polar surface area (TPSA) is 29.5 Å². The molecule has 1 aliphatic rings. The summed E-state index contributed by atoms with van der Waals surface area (Å²) >= 11 is 0. The summed E-state index contributed by atoms with van der Waals surface area (Å²) in [6, 6.07) is 6.36. The van der Waals surface area contributed by atoms with Crippen molar-refractivity contribution in [2.45, 2.75) is 43.8 Å². The number of hydrogen-bond donors (Lipinski definition) is 1. The Morgan fingerprint density at radius 1 is 1.41 bits per heavy atom. The van der Waals surface area contributed by atoms with Gasteiger partial charge in [0.25, 0.3) is 0 Å². The van der Waals surface area contributed by atoms with Gasteiger partial charge in [0.15, 0.2) is 0 Å². The van der Waals surface area contributed by atoms with Gasteiger partial charge in [-0.15, -0.1) is 0 Å². The van der Waals surface area contributed by atoms with E-state index in [0.717, 1.165) is 24.8 Å². The van der Waals surface area contributed by atoms with Crippen molar-refractivity contribution >= 4 is 0 Å². The molecule has 17 heavy (non-hydrogen) atoms. The molecule has 0 heterocycles. The van der Waals surface area contributed by atoms with E-state index in [9.17, 15) is 9.50 Å². The molecule has 0 aromatic heterocycles. The Bertz CT molecular complexity index is 363. The number of halogens is 1. The normalized spacial score (nSPS) is 29.2. The van der Waals surface area contributed by atoms with Gasteiger partial charge in [-0.05, 0) is 37.0 Å². The molecule has 1 fully saturated rings. The van der Waals surface area contributed by atoms with Crippen LogP contribution in [0.4, 0.5) is 4.39 Å². The molecule has 1 saturated carbocycles. The molecule has 1 aliphatic carbocycles. The number of ether oxygens (including phenoxy) is 1. The van der Waals surface area contributed by atoms with Gasteiger partial charge in [-0.25, -0.2) is 4.39 Å². The van der Waals surface area contributed by atoms with Gasteiger partial charge in [0, 0.05) is 20.0 Å². The lowest BCUT2D eigenvalue weighted by molar-refractivity contribution is -0.0581. The van der Waals surface area contributed by atoms with Crippen molar-refractivity contribution in [1.82, 2.24) is 0 Å². The van der Waals surface area contributed by atoms with Gasteiger partial charge in [0.2, 0.25) is 0 Å². The Morgan fingerprint density at radius 2 is 2.12 bits per heavy atom. The first-order valence-electron chi connectivity index (χ1n) is 6.11. The lowest BCUT2D eigenvalue weighted by Crippen LogP contribution is -2.40. The van der Waals surface area contributed by atoms with Crippen LogP contribution in [-0.2, 0) is 11.2 Å². The molecule has 0 saturated heterocycles. The number of methoxy groups -OCH3 is 1. The van der Waals surface area contributed by atoms with Crippen molar-refractivity contribution in [3.8, 4) is 0 Å². The summed E-state index contributed by atoms with van der Waals surface area (Å²) in [5, 5.41) is 10.5. The fourth-order valence-corrected chi connectivity index (χ4v) is 2.63. The standard InChI is InChI=1S/C14H19FO2/c1-17-13-3-2-8-14(16,10-13)9-11-4-6-12(15)7-5-11/h4-7,13,16H,2-3,8-10H2,1H3. The highest BCUT2D eigenvalue weighted by Gasteiger charge is 2.34. The summed E-state index contributed by atoms with van der Waals surface area (Å²) < 4.78 is 18.1. The summed E-state index contributed by atoms with van der Waals surface area (Å²) in [6.07, 6.45) is 4.19. The Morgan fingerprint density at radius 3 is 2.76 bits per heavy atom. The van der Waals surface area contributed by atoms with Gasteiger partial charge in [0.05, 0.1) is 11.7 Å². The minimum atomic E-state index is -0.698. The SMILES string of the molecule is COC1CCCC(O)(Cc2ccc(F)cc2)C1. The van der Waals surface area contributed by atoms with E-state index in [1.807, 2.05) is 0 Å². The van der Waals surface area contributed by atoms with Crippen LogP contribution >= 0.6 is 0 Å². The highest BCUT2D eigenvalue weighted by molar-refractivity contribution is 5.18. The van der Waals surface area contributed by atoms with Gasteiger partial charge in [-0.3, -0.25) is 0 Å². The van der Waals surface area contributed by atoms with Crippen LogP contribution in [0.15, 0.2) is 24.3 Å². The maximum absolute atomic E-state index is 12.8. The van der Waals surface area contributed by atoms with Gasteiger partial charge < -0.3 is 9.84 Å². The minimum Gasteiger partial charge on any atom is -0.389 e. The predicted octanol–water partition coefficient (Wildman–Crippen LogP) is 2.69. The number of aliphatic hydroxyl groups is 1. The lowest BCUT2D eigenvalue weighted by atomic mass is 9.79. The molecule has 0 bridgehead atoms. The van der Waals surface area contributed by atoms with Crippen molar-refractivity contribution in [3.05, 3.63) is 35.6 Å². The highest BCUT2D eigenvalue weighted by atomic mass is 19.1. The fourth-order valence-electron chi connectivity index (χ4n) is 2.63. The lowest BCUT2D eigenvalue weighted by Gasteiger charge is -2.36. The Balaban J connectivity index is 2.03. The Labute approximate surface area is 101 Å². The van der Waals surface area contributed by atoms with E-state index < -0.39 is 5.60 Å². The van der Waals surface area contributed by atoms with Crippen LogP contribution in [0, 0.1) is 5.82 Å². The summed E-state index contributed by atoms with van der Waals surface area (Å²) in [5.74, 6) is -0.237. The van der Waals surface area contributed by atoms with Gasteiger partial charge >= 0.3 is 0 Å². The second-order valence-electron chi connectivity index (χ2n) is 4.98. The fraction of sp³-hybridized carbons (Fsp3) is 0.571. The smallest absolute Gasteiger partial charge is 0.123 e. The molecule has 2 nitrogen and oxygen atoms in total. The first-order chi connectivity index (χ1) is 8.11. The molecule has 94 valence electrons. The molecule has 1 aromatic rings. The third kappa shape index (κ3) is 3.27. The first kappa shape index (κ1) is 12.5. The van der Waals surface area contributed by atoms with E-state index >= 15 is 0 Å². The predicted molar refractivity (Wildman–Crippen MR) is 64.3 cm³/mol. The van der Waals surface area contributed by atoms with Crippen LogP contribution < -0.4 is 0 Å². The van der Waals surface area contributed by atoms with Crippen molar-refractivity contribution in [3.63, 3.8) is 0 Å². The van der Waals surface area contributed by atoms with Crippen LogP contribution in [0.2, 0.25) is 0 Å². The van der Waals surface area contributed by atoms with E-state index in [2.05, 4.69) is 0 Å². The molecule has 2 atom stereocenters. The zero-order valence-corrected chi connectivity index (χ0v) is 10.2. The summed E-state index contributed by atoms with van der Waals surface area (Å²) in [6.45, 7) is 0. The second kappa shape index (κ2) is 5.15. The van der Waals surface area contributed by atoms with E-state index in [1.165, 1.54) is 12.1 Å². The summed E-state index contributed by atoms with van der Waals surface area (Å²) in [7, 11) is 1.69. The van der Waals surface area contributed by atoms with Gasteiger partial charge in [-0.1, -0.05) is 12.1 Å². The number of benzene rings is 1. The summed E-state index contributed by atoms with van der Waals surface area (Å²) in [5.41, 5.74) is 0.280. The molecular formula is C14H19FO2. The minimum absolute atomic E-state index is 0.147. The third-order valence-electron chi connectivity index (χ3n) is 3.56. The van der Waals surface area contributed by atoms with E-state index in [-0.39, 0.29) is 11.9 Å². The maximum atomic E-state index is 12.8. The average molecular weight is 238 g/mol. The second-order valence-corrected chi connectivity index (χ2v) is 4.98. The number of hydrogen-bond acceptors (Lipinski definition) is 2.